The minimum atomic E-state index is -0.0164. The summed E-state index contributed by atoms with van der Waals surface area (Å²) in [5, 5.41) is 9.72. The van der Waals surface area contributed by atoms with E-state index in [1.165, 1.54) is 25.7 Å². The quantitative estimate of drug-likeness (QED) is 0.702. The standard InChI is InChI=1S/C15H26O/c1-11-7-8-13(15(11,2)3)9-12-5-4-6-14(16)10-12/h7,12-14,16H,4-6,8-10H2,1-3H3/t12?,13-,14?/m1/s1. The van der Waals surface area contributed by atoms with E-state index in [0.29, 0.717) is 5.41 Å². The first-order valence-corrected chi connectivity index (χ1v) is 6.85. The van der Waals surface area contributed by atoms with Crippen molar-refractivity contribution in [1.82, 2.24) is 0 Å². The largest absolute Gasteiger partial charge is 0.393 e. The maximum absolute atomic E-state index is 9.72. The second kappa shape index (κ2) is 4.52. The molecule has 1 nitrogen and oxygen atoms in total. The highest BCUT2D eigenvalue weighted by Crippen LogP contribution is 2.47. The van der Waals surface area contributed by atoms with Crippen LogP contribution in [0.4, 0.5) is 0 Å². The third kappa shape index (κ3) is 2.34. The molecule has 1 saturated carbocycles. The highest BCUT2D eigenvalue weighted by molar-refractivity contribution is 5.18. The SMILES string of the molecule is CC1=CC[C@H](CC2CCCC(O)C2)C1(C)C. The van der Waals surface area contributed by atoms with Gasteiger partial charge in [-0.2, -0.15) is 0 Å². The molecule has 1 N–H and O–H groups in total. The first-order chi connectivity index (χ1) is 7.50. The Morgan fingerprint density at radius 2 is 2.12 bits per heavy atom. The summed E-state index contributed by atoms with van der Waals surface area (Å²) in [6.07, 6.45) is 9.62. The molecule has 0 bridgehead atoms. The van der Waals surface area contributed by atoms with Crippen molar-refractivity contribution in [1.29, 1.82) is 0 Å². The van der Waals surface area contributed by atoms with E-state index < -0.39 is 0 Å². The zero-order chi connectivity index (χ0) is 11.8. The molecule has 0 amide bonds. The van der Waals surface area contributed by atoms with Crippen molar-refractivity contribution >= 4 is 0 Å². The molecular weight excluding hydrogens is 196 g/mol. The monoisotopic (exact) mass is 222 g/mol. The molecule has 0 aromatic heterocycles. The third-order valence-corrected chi connectivity index (χ3v) is 5.12. The number of hydrogen-bond donors (Lipinski definition) is 1. The van der Waals surface area contributed by atoms with Crippen LogP contribution in [-0.2, 0) is 0 Å². The van der Waals surface area contributed by atoms with Crippen molar-refractivity contribution < 1.29 is 5.11 Å². The Hall–Kier alpha value is -0.300. The molecule has 1 fully saturated rings. The molecule has 0 spiro atoms. The maximum atomic E-state index is 9.72. The number of hydrogen-bond acceptors (Lipinski definition) is 1. The Morgan fingerprint density at radius 1 is 1.38 bits per heavy atom. The van der Waals surface area contributed by atoms with E-state index in [0.717, 1.165) is 24.7 Å². The predicted octanol–water partition coefficient (Wildman–Crippen LogP) is 3.92. The molecule has 2 aliphatic rings. The first kappa shape index (κ1) is 12.2. The molecule has 1 heteroatoms. The highest BCUT2D eigenvalue weighted by atomic mass is 16.3. The molecule has 2 rings (SSSR count). The van der Waals surface area contributed by atoms with Crippen LogP contribution in [0, 0.1) is 17.3 Å². The third-order valence-electron chi connectivity index (χ3n) is 5.12. The molecule has 2 unspecified atom stereocenters. The molecule has 0 saturated heterocycles. The summed E-state index contributed by atoms with van der Waals surface area (Å²) in [5.74, 6) is 1.58. The number of allylic oxidation sites excluding steroid dienone is 2. The zero-order valence-corrected chi connectivity index (χ0v) is 11.0. The summed E-state index contributed by atoms with van der Waals surface area (Å²) >= 11 is 0. The predicted molar refractivity (Wildman–Crippen MR) is 68.2 cm³/mol. The summed E-state index contributed by atoms with van der Waals surface area (Å²) in [4.78, 5) is 0. The van der Waals surface area contributed by atoms with Gasteiger partial charge in [0, 0.05) is 0 Å². The van der Waals surface area contributed by atoms with Crippen LogP contribution in [0.5, 0.6) is 0 Å². The highest BCUT2D eigenvalue weighted by Gasteiger charge is 2.36. The topological polar surface area (TPSA) is 20.2 Å². The Bertz CT molecular complexity index is 277. The van der Waals surface area contributed by atoms with Gasteiger partial charge in [0.15, 0.2) is 0 Å². The lowest BCUT2D eigenvalue weighted by Crippen LogP contribution is -2.26. The van der Waals surface area contributed by atoms with Gasteiger partial charge in [0.05, 0.1) is 6.10 Å². The average Bonchev–Trinajstić information content (AvgIpc) is 2.45. The minimum Gasteiger partial charge on any atom is -0.393 e. The average molecular weight is 222 g/mol. The maximum Gasteiger partial charge on any atom is 0.0542 e. The first-order valence-electron chi connectivity index (χ1n) is 6.85. The van der Waals surface area contributed by atoms with Crippen molar-refractivity contribution in [2.75, 3.05) is 0 Å². The molecule has 0 heterocycles. The summed E-state index contributed by atoms with van der Waals surface area (Å²) in [6, 6.07) is 0. The van der Waals surface area contributed by atoms with Gasteiger partial charge in [0.2, 0.25) is 0 Å². The summed E-state index contributed by atoms with van der Waals surface area (Å²) < 4.78 is 0. The fraction of sp³-hybridized carbons (Fsp3) is 0.867. The van der Waals surface area contributed by atoms with Crippen LogP contribution in [0.25, 0.3) is 0 Å². The van der Waals surface area contributed by atoms with Crippen LogP contribution in [0.3, 0.4) is 0 Å². The smallest absolute Gasteiger partial charge is 0.0542 e. The molecule has 3 atom stereocenters. The van der Waals surface area contributed by atoms with Crippen LogP contribution in [0.1, 0.15) is 59.3 Å². The zero-order valence-electron chi connectivity index (χ0n) is 11.0. The Morgan fingerprint density at radius 3 is 2.69 bits per heavy atom. The van der Waals surface area contributed by atoms with E-state index in [2.05, 4.69) is 26.8 Å². The molecule has 0 aromatic carbocycles. The summed E-state index contributed by atoms with van der Waals surface area (Å²) in [6.45, 7) is 7.04. The van der Waals surface area contributed by atoms with Gasteiger partial charge in [-0.3, -0.25) is 0 Å². The second-order valence-corrected chi connectivity index (χ2v) is 6.46. The van der Waals surface area contributed by atoms with Crippen molar-refractivity contribution in [3.63, 3.8) is 0 Å². The van der Waals surface area contributed by atoms with Crippen LogP contribution in [0.2, 0.25) is 0 Å². The van der Waals surface area contributed by atoms with E-state index in [-0.39, 0.29) is 6.10 Å². The molecule has 92 valence electrons. The van der Waals surface area contributed by atoms with E-state index >= 15 is 0 Å². The molecule has 0 radical (unpaired) electrons. The van der Waals surface area contributed by atoms with Crippen LogP contribution < -0.4 is 0 Å². The van der Waals surface area contributed by atoms with Crippen molar-refractivity contribution in [2.24, 2.45) is 17.3 Å². The molecule has 0 aliphatic heterocycles. The van der Waals surface area contributed by atoms with Gasteiger partial charge in [0.25, 0.3) is 0 Å². The number of aliphatic hydroxyl groups is 1. The van der Waals surface area contributed by atoms with E-state index in [1.54, 1.807) is 5.57 Å². The lowest BCUT2D eigenvalue weighted by atomic mass is 9.71. The van der Waals surface area contributed by atoms with E-state index in [9.17, 15) is 5.11 Å². The normalized spacial score (nSPS) is 38.5. The van der Waals surface area contributed by atoms with Crippen LogP contribution >= 0.6 is 0 Å². The lowest BCUT2D eigenvalue weighted by Gasteiger charge is -2.35. The van der Waals surface area contributed by atoms with Crippen LogP contribution in [0.15, 0.2) is 11.6 Å². The fourth-order valence-electron chi connectivity index (χ4n) is 3.47. The van der Waals surface area contributed by atoms with Crippen molar-refractivity contribution in [3.05, 3.63) is 11.6 Å². The molecule has 0 aromatic rings. The Labute approximate surface area is 99.9 Å². The van der Waals surface area contributed by atoms with Crippen LogP contribution in [-0.4, -0.2) is 11.2 Å². The van der Waals surface area contributed by atoms with Gasteiger partial charge >= 0.3 is 0 Å². The second-order valence-electron chi connectivity index (χ2n) is 6.46. The Balaban J connectivity index is 1.91. The van der Waals surface area contributed by atoms with Gasteiger partial charge in [0.1, 0.15) is 0 Å². The summed E-state index contributed by atoms with van der Waals surface area (Å²) in [7, 11) is 0. The lowest BCUT2D eigenvalue weighted by molar-refractivity contribution is 0.0846. The van der Waals surface area contributed by atoms with Gasteiger partial charge in [-0.05, 0) is 49.9 Å². The van der Waals surface area contributed by atoms with Crippen molar-refractivity contribution in [3.8, 4) is 0 Å². The molecule has 16 heavy (non-hydrogen) atoms. The van der Waals surface area contributed by atoms with E-state index in [1.807, 2.05) is 0 Å². The number of rotatable bonds is 2. The molecule has 2 aliphatic carbocycles. The minimum absolute atomic E-state index is 0.0164. The fourth-order valence-corrected chi connectivity index (χ4v) is 3.47. The van der Waals surface area contributed by atoms with Crippen molar-refractivity contribution in [2.45, 2.75) is 65.4 Å². The van der Waals surface area contributed by atoms with Gasteiger partial charge in [-0.15, -0.1) is 0 Å². The van der Waals surface area contributed by atoms with E-state index in [4.69, 9.17) is 0 Å². The number of aliphatic hydroxyl groups excluding tert-OH is 1. The van der Waals surface area contributed by atoms with Gasteiger partial charge in [-0.25, -0.2) is 0 Å². The summed E-state index contributed by atoms with van der Waals surface area (Å²) in [5.41, 5.74) is 1.96. The Kier molecular flexibility index (Phi) is 3.44. The van der Waals surface area contributed by atoms with Gasteiger partial charge < -0.3 is 5.11 Å². The molecular formula is C15H26O. The van der Waals surface area contributed by atoms with Gasteiger partial charge in [-0.1, -0.05) is 38.3 Å².